The van der Waals surface area contributed by atoms with Crippen molar-refractivity contribution in [2.45, 2.75) is 52.1 Å². The van der Waals surface area contributed by atoms with Crippen LogP contribution in [0, 0.1) is 6.92 Å². The van der Waals surface area contributed by atoms with Crippen LogP contribution in [0.4, 0.5) is 0 Å². The van der Waals surface area contributed by atoms with Crippen molar-refractivity contribution < 1.29 is 9.21 Å². The first-order valence-corrected chi connectivity index (χ1v) is 6.96. The van der Waals surface area contributed by atoms with Crippen LogP contribution in [-0.2, 0) is 6.54 Å². The topological polar surface area (TPSA) is 71.5 Å². The first-order valence-electron chi connectivity index (χ1n) is 6.96. The molecule has 1 aromatic heterocycles. The summed E-state index contributed by atoms with van der Waals surface area (Å²) in [7, 11) is 0. The van der Waals surface area contributed by atoms with Crippen LogP contribution in [0.2, 0.25) is 0 Å². The highest BCUT2D eigenvalue weighted by atomic mass is 16.3. The lowest BCUT2D eigenvalue weighted by molar-refractivity contribution is 0.0952. The molecular formula is C14H23N3O2. The highest BCUT2D eigenvalue weighted by Gasteiger charge is 2.20. The minimum Gasteiger partial charge on any atom is -0.464 e. The smallest absolute Gasteiger partial charge is 0.268 e. The number of nitrogen functional groups attached to an aromatic ring is 1. The molecule has 1 atom stereocenters. The molecule has 0 spiro atoms. The standard InChI is InChI=1S/C14H23N3O2/c1-10-6-4-3-5-7-17(10)9-12-8-13(11(2)19-12)14(18)16-15/h8,10H,3-7,9,15H2,1-2H3,(H,16,18). The minimum absolute atomic E-state index is 0.295. The average molecular weight is 265 g/mol. The highest BCUT2D eigenvalue weighted by Crippen LogP contribution is 2.21. The molecule has 19 heavy (non-hydrogen) atoms. The Balaban J connectivity index is 2.08. The summed E-state index contributed by atoms with van der Waals surface area (Å²) in [6.07, 6.45) is 5.07. The summed E-state index contributed by atoms with van der Waals surface area (Å²) in [5, 5.41) is 0. The van der Waals surface area contributed by atoms with E-state index in [1.165, 1.54) is 25.7 Å². The number of hydrazine groups is 1. The zero-order valence-electron chi connectivity index (χ0n) is 11.7. The first-order chi connectivity index (χ1) is 9.11. The van der Waals surface area contributed by atoms with Crippen LogP contribution < -0.4 is 11.3 Å². The molecule has 0 aromatic carbocycles. The van der Waals surface area contributed by atoms with E-state index in [4.69, 9.17) is 10.3 Å². The summed E-state index contributed by atoms with van der Waals surface area (Å²) >= 11 is 0. The third kappa shape index (κ3) is 3.36. The molecule has 1 aliphatic rings. The van der Waals surface area contributed by atoms with E-state index in [2.05, 4.69) is 17.2 Å². The molecule has 1 aliphatic heterocycles. The number of aryl methyl sites for hydroxylation is 1. The van der Waals surface area contributed by atoms with Gasteiger partial charge in [-0.05, 0) is 39.3 Å². The van der Waals surface area contributed by atoms with Crippen molar-refractivity contribution in [2.24, 2.45) is 5.84 Å². The molecular weight excluding hydrogens is 242 g/mol. The quantitative estimate of drug-likeness (QED) is 0.498. The van der Waals surface area contributed by atoms with E-state index in [-0.39, 0.29) is 5.91 Å². The number of nitrogens with zero attached hydrogens (tertiary/aromatic N) is 1. The molecule has 0 radical (unpaired) electrons. The Morgan fingerprint density at radius 2 is 2.32 bits per heavy atom. The first kappa shape index (κ1) is 14.1. The van der Waals surface area contributed by atoms with E-state index in [9.17, 15) is 4.79 Å². The summed E-state index contributed by atoms with van der Waals surface area (Å²) in [6.45, 7) is 5.91. The maximum Gasteiger partial charge on any atom is 0.268 e. The van der Waals surface area contributed by atoms with Gasteiger partial charge < -0.3 is 4.42 Å². The molecule has 1 saturated heterocycles. The van der Waals surface area contributed by atoms with Gasteiger partial charge in [-0.15, -0.1) is 0 Å². The Morgan fingerprint density at radius 1 is 1.53 bits per heavy atom. The van der Waals surface area contributed by atoms with Gasteiger partial charge in [0, 0.05) is 6.04 Å². The Bertz CT molecular complexity index is 442. The largest absolute Gasteiger partial charge is 0.464 e. The summed E-state index contributed by atoms with van der Waals surface area (Å²) < 4.78 is 5.67. The minimum atomic E-state index is -0.295. The van der Waals surface area contributed by atoms with Gasteiger partial charge in [-0.1, -0.05) is 12.8 Å². The number of furan rings is 1. The van der Waals surface area contributed by atoms with Crippen LogP contribution in [-0.4, -0.2) is 23.4 Å². The number of likely N-dealkylation sites (tertiary alicyclic amines) is 1. The van der Waals surface area contributed by atoms with Crippen LogP contribution in [0.3, 0.4) is 0 Å². The van der Waals surface area contributed by atoms with Gasteiger partial charge >= 0.3 is 0 Å². The monoisotopic (exact) mass is 265 g/mol. The Hall–Kier alpha value is -1.33. The van der Waals surface area contributed by atoms with Gasteiger partial charge in [0.2, 0.25) is 0 Å². The van der Waals surface area contributed by atoms with Crippen LogP contribution in [0.5, 0.6) is 0 Å². The second kappa shape index (κ2) is 6.21. The zero-order valence-corrected chi connectivity index (χ0v) is 11.7. The van der Waals surface area contributed by atoms with Crippen LogP contribution >= 0.6 is 0 Å². The maximum atomic E-state index is 11.5. The number of rotatable bonds is 3. The summed E-state index contributed by atoms with van der Waals surface area (Å²) in [4.78, 5) is 14.0. The van der Waals surface area contributed by atoms with Gasteiger partial charge in [0.1, 0.15) is 11.5 Å². The second-order valence-electron chi connectivity index (χ2n) is 5.32. The van der Waals surface area contributed by atoms with Crippen molar-refractivity contribution in [1.29, 1.82) is 0 Å². The third-order valence-corrected chi connectivity index (χ3v) is 3.89. The summed E-state index contributed by atoms with van der Waals surface area (Å²) in [5.74, 6) is 6.33. The Morgan fingerprint density at radius 3 is 3.05 bits per heavy atom. The maximum absolute atomic E-state index is 11.5. The Kier molecular flexibility index (Phi) is 4.61. The van der Waals surface area contributed by atoms with Crippen molar-refractivity contribution >= 4 is 5.91 Å². The van der Waals surface area contributed by atoms with Crippen molar-refractivity contribution in [1.82, 2.24) is 10.3 Å². The van der Waals surface area contributed by atoms with E-state index in [1.807, 2.05) is 0 Å². The van der Waals surface area contributed by atoms with Gasteiger partial charge in [0.05, 0.1) is 12.1 Å². The number of nitrogens with one attached hydrogen (secondary N) is 1. The lowest BCUT2D eigenvalue weighted by Crippen LogP contribution is -2.32. The summed E-state index contributed by atoms with van der Waals surface area (Å²) in [6, 6.07) is 2.37. The van der Waals surface area contributed by atoms with Crippen molar-refractivity contribution in [3.63, 3.8) is 0 Å². The number of carbonyl (C=O) groups is 1. The zero-order chi connectivity index (χ0) is 13.8. The van der Waals surface area contributed by atoms with Crippen LogP contribution in [0.1, 0.15) is 54.5 Å². The van der Waals surface area contributed by atoms with Crippen LogP contribution in [0.15, 0.2) is 10.5 Å². The molecule has 2 rings (SSSR count). The van der Waals surface area contributed by atoms with Crippen molar-refractivity contribution in [3.05, 3.63) is 23.2 Å². The van der Waals surface area contributed by atoms with Gasteiger partial charge in [-0.25, -0.2) is 5.84 Å². The van der Waals surface area contributed by atoms with Gasteiger partial charge in [-0.2, -0.15) is 0 Å². The van der Waals surface area contributed by atoms with Gasteiger partial charge in [0.15, 0.2) is 0 Å². The molecule has 5 nitrogen and oxygen atoms in total. The van der Waals surface area contributed by atoms with E-state index < -0.39 is 0 Å². The Labute approximate surface area is 114 Å². The number of amides is 1. The van der Waals surface area contributed by atoms with E-state index in [0.717, 1.165) is 18.8 Å². The van der Waals surface area contributed by atoms with E-state index in [1.54, 1.807) is 13.0 Å². The average Bonchev–Trinajstić information content (AvgIpc) is 2.64. The van der Waals surface area contributed by atoms with E-state index >= 15 is 0 Å². The fourth-order valence-corrected chi connectivity index (χ4v) is 2.69. The van der Waals surface area contributed by atoms with Crippen molar-refractivity contribution in [3.8, 4) is 0 Å². The molecule has 0 bridgehead atoms. The third-order valence-electron chi connectivity index (χ3n) is 3.89. The van der Waals surface area contributed by atoms with E-state index in [0.29, 0.717) is 17.4 Å². The molecule has 3 N–H and O–H groups in total. The van der Waals surface area contributed by atoms with Gasteiger partial charge in [0.25, 0.3) is 5.91 Å². The van der Waals surface area contributed by atoms with Gasteiger partial charge in [-0.3, -0.25) is 15.1 Å². The molecule has 1 aromatic rings. The number of hydrogen-bond acceptors (Lipinski definition) is 4. The molecule has 1 amide bonds. The number of carbonyl (C=O) groups excluding carboxylic acids is 1. The molecule has 106 valence electrons. The lowest BCUT2D eigenvalue weighted by Gasteiger charge is -2.25. The highest BCUT2D eigenvalue weighted by molar-refractivity contribution is 5.94. The molecule has 2 heterocycles. The molecule has 0 aliphatic carbocycles. The molecule has 1 unspecified atom stereocenters. The predicted molar refractivity (Wildman–Crippen MR) is 73.4 cm³/mol. The molecule has 5 heteroatoms. The predicted octanol–water partition coefficient (Wildman–Crippen LogP) is 1.96. The molecule has 0 saturated carbocycles. The van der Waals surface area contributed by atoms with Crippen molar-refractivity contribution in [2.75, 3.05) is 6.54 Å². The summed E-state index contributed by atoms with van der Waals surface area (Å²) in [5.41, 5.74) is 2.67. The normalized spacial score (nSPS) is 21.1. The fraction of sp³-hybridized carbons (Fsp3) is 0.643. The second-order valence-corrected chi connectivity index (χ2v) is 5.32. The number of hydrogen-bond donors (Lipinski definition) is 2. The SMILES string of the molecule is Cc1oc(CN2CCCCCC2C)cc1C(=O)NN. The van der Waals surface area contributed by atoms with Crippen LogP contribution in [0.25, 0.3) is 0 Å². The number of nitrogens with two attached hydrogens (primary N) is 1. The lowest BCUT2D eigenvalue weighted by atomic mass is 10.1. The molecule has 1 fully saturated rings. The fourth-order valence-electron chi connectivity index (χ4n) is 2.69.